The minimum atomic E-state index is -1.05. The molecular weight excluding hydrogens is 174 g/mol. The fourth-order valence-electron chi connectivity index (χ4n) is 1.44. The molecule has 1 aromatic rings. The molecule has 13 heavy (non-hydrogen) atoms. The lowest BCUT2D eigenvalue weighted by Gasteiger charge is -2.21. The Balaban J connectivity index is 2.39. The van der Waals surface area contributed by atoms with E-state index in [0.717, 1.165) is 0 Å². The van der Waals surface area contributed by atoms with E-state index in [1.54, 1.807) is 6.20 Å². The zero-order chi connectivity index (χ0) is 9.31. The molecule has 0 saturated carbocycles. The number of carboxylic acids is 1. The van der Waals surface area contributed by atoms with Crippen LogP contribution in [0.15, 0.2) is 12.4 Å². The van der Waals surface area contributed by atoms with Gasteiger partial charge in [-0.05, 0) is 0 Å². The smallest absolute Gasteiger partial charge is 0.334 e. The molecule has 0 radical (unpaired) electrons. The van der Waals surface area contributed by atoms with Gasteiger partial charge in [0.2, 0.25) is 0 Å². The van der Waals surface area contributed by atoms with Gasteiger partial charge in [0.1, 0.15) is 0 Å². The van der Waals surface area contributed by atoms with Crippen LogP contribution in [-0.4, -0.2) is 39.3 Å². The Labute approximate surface area is 74.1 Å². The summed E-state index contributed by atoms with van der Waals surface area (Å²) in [7, 11) is 0. The van der Waals surface area contributed by atoms with Gasteiger partial charge < -0.3 is 9.84 Å². The number of aromatic nitrogens is 3. The van der Waals surface area contributed by atoms with Gasteiger partial charge in [0.05, 0.1) is 12.8 Å². The van der Waals surface area contributed by atoms with Crippen LogP contribution in [0.25, 0.3) is 0 Å². The van der Waals surface area contributed by atoms with Gasteiger partial charge in [0, 0.05) is 19.2 Å². The van der Waals surface area contributed by atoms with Gasteiger partial charge in [-0.15, -0.1) is 5.10 Å². The summed E-state index contributed by atoms with van der Waals surface area (Å²) in [6.07, 6.45) is 3.44. The summed E-state index contributed by atoms with van der Waals surface area (Å²) < 4.78 is 6.43. The van der Waals surface area contributed by atoms with Crippen LogP contribution in [0, 0.1) is 0 Å². The Morgan fingerprint density at radius 3 is 3.00 bits per heavy atom. The van der Waals surface area contributed by atoms with Crippen molar-refractivity contribution >= 4 is 5.97 Å². The van der Waals surface area contributed by atoms with Gasteiger partial charge in [-0.3, -0.25) is 0 Å². The zero-order valence-corrected chi connectivity index (χ0v) is 6.88. The first kappa shape index (κ1) is 8.18. The van der Waals surface area contributed by atoms with Crippen LogP contribution in [0.2, 0.25) is 0 Å². The SMILES string of the molecule is O=C(O)C1(n2ccnn2)CCOC1. The summed E-state index contributed by atoms with van der Waals surface area (Å²) in [5.41, 5.74) is -1.05. The predicted octanol–water partition coefficient (Wildman–Crippen LogP) is -0.522. The quantitative estimate of drug-likeness (QED) is 0.667. The lowest BCUT2D eigenvalue weighted by Crippen LogP contribution is -2.43. The minimum absolute atomic E-state index is 0.158. The number of nitrogens with zero attached hydrogens (tertiary/aromatic N) is 3. The molecule has 6 heteroatoms. The average Bonchev–Trinajstić information content (AvgIpc) is 2.75. The van der Waals surface area contributed by atoms with Gasteiger partial charge in [-0.1, -0.05) is 5.21 Å². The van der Waals surface area contributed by atoms with Gasteiger partial charge in [-0.25, -0.2) is 9.48 Å². The second-order valence-electron chi connectivity index (χ2n) is 2.99. The van der Waals surface area contributed by atoms with E-state index in [4.69, 9.17) is 9.84 Å². The number of carbonyl (C=O) groups is 1. The third-order valence-electron chi connectivity index (χ3n) is 2.26. The third kappa shape index (κ3) is 1.10. The lowest BCUT2D eigenvalue weighted by molar-refractivity contribution is -0.148. The normalized spacial score (nSPS) is 27.7. The van der Waals surface area contributed by atoms with E-state index in [-0.39, 0.29) is 6.61 Å². The van der Waals surface area contributed by atoms with Crippen molar-refractivity contribution in [1.82, 2.24) is 15.0 Å². The molecule has 0 spiro atoms. The fraction of sp³-hybridized carbons (Fsp3) is 0.571. The van der Waals surface area contributed by atoms with Crippen molar-refractivity contribution in [3.63, 3.8) is 0 Å². The minimum Gasteiger partial charge on any atom is -0.479 e. The Morgan fingerprint density at radius 1 is 1.69 bits per heavy atom. The van der Waals surface area contributed by atoms with Crippen LogP contribution in [-0.2, 0) is 15.1 Å². The fourth-order valence-corrected chi connectivity index (χ4v) is 1.44. The summed E-state index contributed by atoms with van der Waals surface area (Å²) in [5.74, 6) is -0.921. The first-order valence-corrected chi connectivity index (χ1v) is 3.94. The number of hydrogen-bond acceptors (Lipinski definition) is 4. The van der Waals surface area contributed by atoms with E-state index in [2.05, 4.69) is 10.3 Å². The topological polar surface area (TPSA) is 77.2 Å². The standard InChI is InChI=1S/C7H9N3O3/c11-6(12)7(1-4-13-5-7)10-3-2-8-9-10/h2-3H,1,4-5H2,(H,11,12). The monoisotopic (exact) mass is 183 g/mol. The number of hydrogen-bond donors (Lipinski definition) is 1. The van der Waals surface area contributed by atoms with Gasteiger partial charge in [0.15, 0.2) is 5.54 Å². The molecule has 1 aromatic heterocycles. The largest absolute Gasteiger partial charge is 0.479 e. The maximum Gasteiger partial charge on any atom is 0.334 e. The summed E-state index contributed by atoms with van der Waals surface area (Å²) in [6.45, 7) is 0.609. The average molecular weight is 183 g/mol. The van der Waals surface area contributed by atoms with E-state index in [9.17, 15) is 4.79 Å². The van der Waals surface area contributed by atoms with Gasteiger partial charge in [-0.2, -0.15) is 0 Å². The van der Waals surface area contributed by atoms with Crippen molar-refractivity contribution in [2.24, 2.45) is 0 Å². The predicted molar refractivity (Wildman–Crippen MR) is 41.1 cm³/mol. The summed E-state index contributed by atoms with van der Waals surface area (Å²) >= 11 is 0. The van der Waals surface area contributed by atoms with Crippen LogP contribution in [0.5, 0.6) is 0 Å². The van der Waals surface area contributed by atoms with Crippen LogP contribution < -0.4 is 0 Å². The molecule has 1 unspecified atom stereocenters. The Hall–Kier alpha value is -1.43. The maximum atomic E-state index is 11.1. The van der Waals surface area contributed by atoms with E-state index in [1.165, 1.54) is 10.9 Å². The van der Waals surface area contributed by atoms with E-state index < -0.39 is 11.5 Å². The Morgan fingerprint density at radius 2 is 2.54 bits per heavy atom. The van der Waals surface area contributed by atoms with Crippen LogP contribution >= 0.6 is 0 Å². The molecule has 1 aliphatic rings. The molecule has 70 valence electrons. The van der Waals surface area contributed by atoms with Crippen molar-refractivity contribution < 1.29 is 14.6 Å². The number of carboxylic acid groups (broad SMARTS) is 1. The number of rotatable bonds is 2. The Bertz CT molecular complexity index is 303. The van der Waals surface area contributed by atoms with Crippen molar-refractivity contribution in [1.29, 1.82) is 0 Å². The first-order chi connectivity index (χ1) is 6.26. The molecule has 1 fully saturated rings. The van der Waals surface area contributed by atoms with Crippen molar-refractivity contribution in [2.75, 3.05) is 13.2 Å². The molecule has 6 nitrogen and oxygen atoms in total. The molecule has 2 heterocycles. The molecule has 0 bridgehead atoms. The van der Waals surface area contributed by atoms with E-state index in [0.29, 0.717) is 13.0 Å². The van der Waals surface area contributed by atoms with Crippen LogP contribution in [0.4, 0.5) is 0 Å². The highest BCUT2D eigenvalue weighted by atomic mass is 16.5. The van der Waals surface area contributed by atoms with Crippen molar-refractivity contribution in [3.8, 4) is 0 Å². The molecule has 1 N–H and O–H groups in total. The molecular formula is C7H9N3O3. The van der Waals surface area contributed by atoms with Crippen molar-refractivity contribution in [3.05, 3.63) is 12.4 Å². The molecule has 0 aliphatic carbocycles. The second-order valence-corrected chi connectivity index (χ2v) is 2.99. The lowest BCUT2D eigenvalue weighted by atomic mass is 10.00. The molecule has 1 atom stereocenters. The molecule has 0 aromatic carbocycles. The summed E-state index contributed by atoms with van der Waals surface area (Å²) in [5, 5.41) is 16.4. The third-order valence-corrected chi connectivity index (χ3v) is 2.26. The highest BCUT2D eigenvalue weighted by Crippen LogP contribution is 2.26. The van der Waals surface area contributed by atoms with Crippen LogP contribution in [0.3, 0.4) is 0 Å². The molecule has 1 saturated heterocycles. The molecule has 1 aliphatic heterocycles. The maximum absolute atomic E-state index is 11.1. The Kier molecular flexibility index (Phi) is 1.77. The highest BCUT2D eigenvalue weighted by molar-refractivity contribution is 5.77. The number of aliphatic carboxylic acids is 1. The van der Waals surface area contributed by atoms with Gasteiger partial charge >= 0.3 is 5.97 Å². The first-order valence-electron chi connectivity index (χ1n) is 3.94. The van der Waals surface area contributed by atoms with E-state index >= 15 is 0 Å². The molecule has 0 amide bonds. The van der Waals surface area contributed by atoms with Gasteiger partial charge in [0.25, 0.3) is 0 Å². The van der Waals surface area contributed by atoms with Crippen molar-refractivity contribution in [2.45, 2.75) is 12.0 Å². The summed E-state index contributed by atoms with van der Waals surface area (Å²) in [6, 6.07) is 0. The summed E-state index contributed by atoms with van der Waals surface area (Å²) in [4.78, 5) is 11.1. The highest BCUT2D eigenvalue weighted by Gasteiger charge is 2.45. The van der Waals surface area contributed by atoms with Crippen LogP contribution in [0.1, 0.15) is 6.42 Å². The number of ether oxygens (including phenoxy) is 1. The van der Waals surface area contributed by atoms with E-state index in [1.807, 2.05) is 0 Å². The second kappa shape index (κ2) is 2.81. The zero-order valence-electron chi connectivity index (χ0n) is 6.88. The molecule has 2 rings (SSSR count).